The third-order valence-electron chi connectivity index (χ3n) is 11.8. The third kappa shape index (κ3) is 6.12. The molecule has 59 heavy (non-hydrogen) atoms. The molecule has 0 aliphatic carbocycles. The molecule has 0 aromatic heterocycles. The van der Waals surface area contributed by atoms with Crippen LogP contribution in [0.5, 0.6) is 0 Å². The Morgan fingerprint density at radius 1 is 0.237 bits per heavy atom. The lowest BCUT2D eigenvalue weighted by Gasteiger charge is -2.26. The van der Waals surface area contributed by atoms with E-state index < -0.39 is 0 Å². The van der Waals surface area contributed by atoms with Crippen molar-refractivity contribution < 1.29 is 0 Å². The number of benzene rings is 11. The van der Waals surface area contributed by atoms with E-state index in [1.165, 1.54) is 87.6 Å². The quantitative estimate of drug-likeness (QED) is 0.147. The number of para-hydroxylation sites is 1. The predicted molar refractivity (Wildman–Crippen MR) is 253 cm³/mol. The highest BCUT2D eigenvalue weighted by atomic mass is 15.1. The van der Waals surface area contributed by atoms with E-state index >= 15 is 0 Å². The molecule has 1 nitrogen and oxygen atoms in total. The summed E-state index contributed by atoms with van der Waals surface area (Å²) in [4.78, 5) is 2.36. The molecular weight excluding hydrogens is 711 g/mol. The van der Waals surface area contributed by atoms with Gasteiger partial charge in [-0.05, 0) is 136 Å². The molecule has 11 aromatic carbocycles. The van der Waals surface area contributed by atoms with Gasteiger partial charge in [-0.2, -0.15) is 0 Å². The summed E-state index contributed by atoms with van der Waals surface area (Å²) in [7, 11) is 0. The van der Waals surface area contributed by atoms with E-state index in [4.69, 9.17) is 0 Å². The molecule has 0 heterocycles. The fourth-order valence-electron chi connectivity index (χ4n) is 9.07. The molecule has 1 heteroatoms. The van der Waals surface area contributed by atoms with Crippen molar-refractivity contribution in [3.8, 4) is 44.5 Å². The fraction of sp³-hybridized carbons (Fsp3) is 0. The second kappa shape index (κ2) is 14.6. The number of hydrogen-bond donors (Lipinski definition) is 0. The van der Waals surface area contributed by atoms with Crippen LogP contribution in [-0.4, -0.2) is 0 Å². The number of fused-ring (bicyclic) bond motifs is 7. The highest BCUT2D eigenvalue weighted by molar-refractivity contribution is 6.33. The lowest BCUT2D eigenvalue weighted by Crippen LogP contribution is -2.09. The van der Waals surface area contributed by atoms with Gasteiger partial charge in [0.25, 0.3) is 0 Å². The SMILES string of the molecule is c1ccc(-c2ccc3c(c2)c2ccccc2c2c(-c4ccccc4)cc(-c4ccccc4)c(-c4ccc(N(c5ccccc5)c5ccc6ccccc6c5)cc4)c32)cc1. The Morgan fingerprint density at radius 3 is 1.44 bits per heavy atom. The normalized spacial score (nSPS) is 11.4. The van der Waals surface area contributed by atoms with Crippen molar-refractivity contribution >= 4 is 60.2 Å². The Morgan fingerprint density at radius 2 is 0.746 bits per heavy atom. The summed E-state index contributed by atoms with van der Waals surface area (Å²) in [5, 5.41) is 9.99. The number of anilines is 3. The van der Waals surface area contributed by atoms with Gasteiger partial charge in [-0.15, -0.1) is 0 Å². The van der Waals surface area contributed by atoms with Gasteiger partial charge in [0.2, 0.25) is 0 Å². The van der Waals surface area contributed by atoms with E-state index in [-0.39, 0.29) is 0 Å². The average Bonchev–Trinajstić information content (AvgIpc) is 3.32. The van der Waals surface area contributed by atoms with Crippen LogP contribution in [0.25, 0.3) is 87.6 Å². The average molecular weight is 750 g/mol. The van der Waals surface area contributed by atoms with Gasteiger partial charge in [0, 0.05) is 17.1 Å². The van der Waals surface area contributed by atoms with Crippen LogP contribution in [0.3, 0.4) is 0 Å². The third-order valence-corrected chi connectivity index (χ3v) is 11.8. The standard InChI is InChI=1S/C58H39N/c1-5-17-40(18-6-1)46-32-36-52-55(38-46)50-27-15-16-28-51(50)57-54(43-22-9-3-10-23-43)39-53(42-20-7-2-8-21-42)56(58(52)57)44-30-33-48(34-31-44)59(47-25-11-4-12-26-47)49-35-29-41-19-13-14-24-45(41)37-49/h1-39H. The molecule has 0 atom stereocenters. The Hall–Kier alpha value is -7.74. The van der Waals surface area contributed by atoms with Crippen LogP contribution in [-0.2, 0) is 0 Å². The van der Waals surface area contributed by atoms with Crippen molar-refractivity contribution in [2.24, 2.45) is 0 Å². The smallest absolute Gasteiger partial charge is 0.0468 e. The fourth-order valence-corrected chi connectivity index (χ4v) is 9.07. The molecule has 0 N–H and O–H groups in total. The minimum atomic E-state index is 1.10. The zero-order chi connectivity index (χ0) is 39.1. The van der Waals surface area contributed by atoms with Crippen LogP contribution in [0.1, 0.15) is 0 Å². The monoisotopic (exact) mass is 749 g/mol. The van der Waals surface area contributed by atoms with Crippen molar-refractivity contribution in [2.45, 2.75) is 0 Å². The summed E-state index contributed by atoms with van der Waals surface area (Å²) in [6, 6.07) is 86.3. The lowest BCUT2D eigenvalue weighted by molar-refractivity contribution is 1.29. The van der Waals surface area contributed by atoms with E-state index in [1.807, 2.05) is 0 Å². The minimum absolute atomic E-state index is 1.10. The Bertz CT molecular complexity index is 3280. The van der Waals surface area contributed by atoms with Crippen LogP contribution in [0, 0.1) is 0 Å². The largest absolute Gasteiger partial charge is 0.310 e. The summed E-state index contributed by atoms with van der Waals surface area (Å²) >= 11 is 0. The first-order valence-corrected chi connectivity index (χ1v) is 20.3. The van der Waals surface area contributed by atoms with Gasteiger partial charge in [-0.3, -0.25) is 0 Å². The van der Waals surface area contributed by atoms with Crippen molar-refractivity contribution in [1.29, 1.82) is 0 Å². The van der Waals surface area contributed by atoms with Gasteiger partial charge in [-0.25, -0.2) is 0 Å². The van der Waals surface area contributed by atoms with Gasteiger partial charge in [0.05, 0.1) is 0 Å². The molecule has 0 aliphatic rings. The first-order valence-electron chi connectivity index (χ1n) is 20.3. The highest BCUT2D eigenvalue weighted by Gasteiger charge is 2.22. The van der Waals surface area contributed by atoms with Gasteiger partial charge >= 0.3 is 0 Å². The number of rotatable bonds is 7. The lowest BCUT2D eigenvalue weighted by atomic mass is 9.81. The molecule has 0 amide bonds. The van der Waals surface area contributed by atoms with E-state index in [1.54, 1.807) is 0 Å². The van der Waals surface area contributed by atoms with E-state index in [0.717, 1.165) is 17.1 Å². The molecule has 0 saturated heterocycles. The van der Waals surface area contributed by atoms with Gasteiger partial charge in [0.1, 0.15) is 0 Å². The first-order chi connectivity index (χ1) is 29.3. The summed E-state index contributed by atoms with van der Waals surface area (Å²) in [5.74, 6) is 0. The highest BCUT2D eigenvalue weighted by Crippen LogP contribution is 2.50. The minimum Gasteiger partial charge on any atom is -0.310 e. The predicted octanol–water partition coefficient (Wildman–Crippen LogP) is 16.4. The van der Waals surface area contributed by atoms with E-state index in [2.05, 4.69) is 241 Å². The zero-order valence-electron chi connectivity index (χ0n) is 32.5. The summed E-state index contributed by atoms with van der Waals surface area (Å²) in [5.41, 5.74) is 13.0. The number of hydrogen-bond acceptors (Lipinski definition) is 1. The Balaban J connectivity index is 1.22. The molecule has 0 radical (unpaired) electrons. The molecule has 0 saturated carbocycles. The Labute approximate surface area is 344 Å². The van der Waals surface area contributed by atoms with Crippen molar-refractivity contribution in [1.82, 2.24) is 0 Å². The summed E-state index contributed by atoms with van der Waals surface area (Å²) in [6.45, 7) is 0. The van der Waals surface area contributed by atoms with Crippen molar-refractivity contribution in [3.63, 3.8) is 0 Å². The second-order valence-corrected chi connectivity index (χ2v) is 15.2. The van der Waals surface area contributed by atoms with Crippen LogP contribution in [0.2, 0.25) is 0 Å². The molecule has 0 spiro atoms. The van der Waals surface area contributed by atoms with Crippen LogP contribution in [0.15, 0.2) is 237 Å². The zero-order valence-corrected chi connectivity index (χ0v) is 32.5. The van der Waals surface area contributed by atoms with Crippen LogP contribution >= 0.6 is 0 Å². The maximum atomic E-state index is 2.44. The second-order valence-electron chi connectivity index (χ2n) is 15.2. The molecule has 0 fully saturated rings. The molecule has 11 aromatic rings. The van der Waals surface area contributed by atoms with Gasteiger partial charge in [-0.1, -0.05) is 188 Å². The molecule has 0 unspecified atom stereocenters. The molecule has 0 bridgehead atoms. The molecular formula is C58H39N. The molecule has 11 rings (SSSR count). The van der Waals surface area contributed by atoms with Gasteiger partial charge in [0.15, 0.2) is 0 Å². The maximum Gasteiger partial charge on any atom is 0.0468 e. The summed E-state index contributed by atoms with van der Waals surface area (Å²) < 4.78 is 0. The Kier molecular flexibility index (Phi) is 8.56. The van der Waals surface area contributed by atoms with E-state index in [0.29, 0.717) is 0 Å². The number of nitrogens with zero attached hydrogens (tertiary/aromatic N) is 1. The van der Waals surface area contributed by atoms with Crippen molar-refractivity contribution in [3.05, 3.63) is 237 Å². The topological polar surface area (TPSA) is 3.24 Å². The van der Waals surface area contributed by atoms with Crippen LogP contribution < -0.4 is 4.90 Å². The summed E-state index contributed by atoms with van der Waals surface area (Å²) in [6.07, 6.45) is 0. The van der Waals surface area contributed by atoms with Crippen molar-refractivity contribution in [2.75, 3.05) is 4.90 Å². The van der Waals surface area contributed by atoms with Gasteiger partial charge < -0.3 is 4.90 Å². The van der Waals surface area contributed by atoms with Crippen LogP contribution in [0.4, 0.5) is 17.1 Å². The molecule has 276 valence electrons. The molecule has 0 aliphatic heterocycles. The first kappa shape index (κ1) is 34.5. The van der Waals surface area contributed by atoms with E-state index in [9.17, 15) is 0 Å². The maximum absolute atomic E-state index is 2.44.